The van der Waals surface area contributed by atoms with Gasteiger partial charge in [-0.2, -0.15) is 0 Å². The van der Waals surface area contributed by atoms with Crippen LogP contribution in [0.25, 0.3) is 0 Å². The SMILES string of the molecule is CC(O)C[C]1C[C@H](C)CC[C@@H]1C(C)C. The van der Waals surface area contributed by atoms with Crippen molar-refractivity contribution in [1.29, 1.82) is 0 Å². The summed E-state index contributed by atoms with van der Waals surface area (Å²) in [5.74, 6) is 3.96. The molecule has 1 aliphatic rings. The molecule has 14 heavy (non-hydrogen) atoms. The van der Waals surface area contributed by atoms with Gasteiger partial charge in [0.1, 0.15) is 0 Å². The molecule has 0 aromatic heterocycles. The van der Waals surface area contributed by atoms with Crippen LogP contribution in [-0.2, 0) is 0 Å². The first-order valence-corrected chi connectivity index (χ1v) is 6.03. The zero-order chi connectivity index (χ0) is 10.7. The highest BCUT2D eigenvalue weighted by Gasteiger charge is 2.31. The molecule has 0 heterocycles. The number of rotatable bonds is 3. The van der Waals surface area contributed by atoms with Gasteiger partial charge in [0.05, 0.1) is 6.10 Å². The number of aliphatic hydroxyl groups excluding tert-OH is 1. The highest BCUT2D eigenvalue weighted by Crippen LogP contribution is 2.41. The molecule has 0 aromatic carbocycles. The fourth-order valence-electron chi connectivity index (χ4n) is 2.79. The topological polar surface area (TPSA) is 20.2 Å². The summed E-state index contributed by atoms with van der Waals surface area (Å²) in [5, 5.41) is 9.47. The lowest BCUT2D eigenvalue weighted by Crippen LogP contribution is -2.28. The molecule has 0 spiro atoms. The van der Waals surface area contributed by atoms with Gasteiger partial charge in [0.2, 0.25) is 0 Å². The zero-order valence-corrected chi connectivity index (χ0v) is 10.1. The molecule has 1 N–H and O–H groups in total. The van der Waals surface area contributed by atoms with Crippen molar-refractivity contribution in [1.82, 2.24) is 0 Å². The lowest BCUT2D eigenvalue weighted by molar-refractivity contribution is 0.158. The average molecular weight is 197 g/mol. The summed E-state index contributed by atoms with van der Waals surface area (Å²) in [7, 11) is 0. The van der Waals surface area contributed by atoms with Crippen molar-refractivity contribution in [3.8, 4) is 0 Å². The van der Waals surface area contributed by atoms with Crippen LogP contribution in [0.15, 0.2) is 0 Å². The Bertz CT molecular complexity index is 161. The van der Waals surface area contributed by atoms with E-state index in [0.717, 1.165) is 24.2 Å². The van der Waals surface area contributed by atoms with Crippen molar-refractivity contribution < 1.29 is 5.11 Å². The van der Waals surface area contributed by atoms with Crippen molar-refractivity contribution in [3.63, 3.8) is 0 Å². The maximum absolute atomic E-state index is 9.47. The molecule has 1 saturated carbocycles. The molecule has 83 valence electrons. The molecule has 1 aliphatic carbocycles. The molecule has 3 atom stereocenters. The summed E-state index contributed by atoms with van der Waals surface area (Å²) < 4.78 is 0. The van der Waals surface area contributed by atoms with Gasteiger partial charge in [-0.05, 0) is 49.9 Å². The standard InChI is InChI=1S/C13H25O/c1-9(2)13-6-5-10(3)7-12(13)8-11(4)14/h9-11,13-14H,5-8H2,1-4H3/t10-,11?,13-/m1/s1. The van der Waals surface area contributed by atoms with E-state index in [1.54, 1.807) is 5.92 Å². The minimum absolute atomic E-state index is 0.156. The number of hydrogen-bond donors (Lipinski definition) is 1. The van der Waals surface area contributed by atoms with Crippen molar-refractivity contribution in [2.24, 2.45) is 17.8 Å². The van der Waals surface area contributed by atoms with Crippen LogP contribution in [0.4, 0.5) is 0 Å². The molecule has 0 amide bonds. The highest BCUT2D eigenvalue weighted by molar-refractivity contribution is 5.02. The van der Waals surface area contributed by atoms with Gasteiger partial charge in [0.25, 0.3) is 0 Å². The quantitative estimate of drug-likeness (QED) is 0.735. The first kappa shape index (κ1) is 12.0. The second kappa shape index (κ2) is 5.16. The van der Waals surface area contributed by atoms with E-state index in [0.29, 0.717) is 0 Å². The minimum Gasteiger partial charge on any atom is -0.393 e. The summed E-state index contributed by atoms with van der Waals surface area (Å²) in [6.45, 7) is 8.85. The van der Waals surface area contributed by atoms with Crippen LogP contribution in [0.5, 0.6) is 0 Å². The molecule has 1 fully saturated rings. The van der Waals surface area contributed by atoms with Crippen molar-refractivity contribution in [2.75, 3.05) is 0 Å². The second-order valence-electron chi connectivity index (χ2n) is 5.45. The fraction of sp³-hybridized carbons (Fsp3) is 0.923. The van der Waals surface area contributed by atoms with Gasteiger partial charge in [-0.15, -0.1) is 0 Å². The van der Waals surface area contributed by atoms with E-state index < -0.39 is 0 Å². The molecular weight excluding hydrogens is 172 g/mol. The van der Waals surface area contributed by atoms with Crippen LogP contribution in [0.1, 0.15) is 53.4 Å². The first-order chi connectivity index (χ1) is 6.50. The molecule has 0 aliphatic heterocycles. The van der Waals surface area contributed by atoms with E-state index in [2.05, 4.69) is 20.8 Å². The lowest BCUT2D eigenvalue weighted by Gasteiger charge is -2.37. The Hall–Kier alpha value is -0.0400. The summed E-state index contributed by atoms with van der Waals surface area (Å²) in [6, 6.07) is 0. The summed E-state index contributed by atoms with van der Waals surface area (Å²) in [5.41, 5.74) is 0. The largest absolute Gasteiger partial charge is 0.393 e. The lowest BCUT2D eigenvalue weighted by atomic mass is 9.68. The summed E-state index contributed by atoms with van der Waals surface area (Å²) >= 11 is 0. The zero-order valence-electron chi connectivity index (χ0n) is 10.1. The van der Waals surface area contributed by atoms with Crippen LogP contribution in [0.3, 0.4) is 0 Å². The van der Waals surface area contributed by atoms with E-state index in [-0.39, 0.29) is 6.10 Å². The second-order valence-corrected chi connectivity index (χ2v) is 5.45. The summed E-state index contributed by atoms with van der Waals surface area (Å²) in [6.07, 6.45) is 4.71. The van der Waals surface area contributed by atoms with Gasteiger partial charge in [0, 0.05) is 0 Å². The molecule has 1 radical (unpaired) electrons. The average Bonchev–Trinajstić information content (AvgIpc) is 2.01. The first-order valence-electron chi connectivity index (χ1n) is 6.03. The van der Waals surface area contributed by atoms with Crippen molar-refractivity contribution >= 4 is 0 Å². The van der Waals surface area contributed by atoms with Crippen LogP contribution in [0, 0.1) is 23.7 Å². The van der Waals surface area contributed by atoms with E-state index in [1.807, 2.05) is 6.92 Å². The van der Waals surface area contributed by atoms with Crippen LogP contribution in [-0.4, -0.2) is 11.2 Å². The monoisotopic (exact) mass is 197 g/mol. The fourth-order valence-corrected chi connectivity index (χ4v) is 2.79. The van der Waals surface area contributed by atoms with E-state index >= 15 is 0 Å². The van der Waals surface area contributed by atoms with Gasteiger partial charge in [0.15, 0.2) is 0 Å². The predicted molar refractivity (Wildman–Crippen MR) is 60.9 cm³/mol. The Kier molecular flexibility index (Phi) is 4.43. The van der Waals surface area contributed by atoms with Gasteiger partial charge >= 0.3 is 0 Å². The minimum atomic E-state index is -0.156. The Labute approximate surface area is 88.9 Å². The maximum atomic E-state index is 9.47. The molecule has 0 bridgehead atoms. The molecule has 0 saturated heterocycles. The van der Waals surface area contributed by atoms with Gasteiger partial charge < -0.3 is 5.11 Å². The number of hydrogen-bond acceptors (Lipinski definition) is 1. The maximum Gasteiger partial charge on any atom is 0.0517 e. The summed E-state index contributed by atoms with van der Waals surface area (Å²) in [4.78, 5) is 0. The van der Waals surface area contributed by atoms with Gasteiger partial charge in [-0.25, -0.2) is 0 Å². The van der Waals surface area contributed by atoms with Crippen LogP contribution < -0.4 is 0 Å². The molecule has 1 nitrogen and oxygen atoms in total. The van der Waals surface area contributed by atoms with E-state index in [4.69, 9.17) is 0 Å². The van der Waals surface area contributed by atoms with Crippen molar-refractivity contribution in [3.05, 3.63) is 5.92 Å². The van der Waals surface area contributed by atoms with Crippen LogP contribution in [0.2, 0.25) is 0 Å². The van der Waals surface area contributed by atoms with Crippen LogP contribution >= 0.6 is 0 Å². The van der Waals surface area contributed by atoms with Crippen molar-refractivity contribution in [2.45, 2.75) is 59.5 Å². The normalized spacial score (nSPS) is 32.1. The number of aliphatic hydroxyl groups is 1. The Morgan fingerprint density at radius 3 is 2.43 bits per heavy atom. The Morgan fingerprint density at radius 2 is 1.93 bits per heavy atom. The van der Waals surface area contributed by atoms with E-state index in [9.17, 15) is 5.11 Å². The third-order valence-corrected chi connectivity index (χ3v) is 3.47. The Balaban J connectivity index is 2.54. The molecule has 1 heteroatoms. The van der Waals surface area contributed by atoms with E-state index in [1.165, 1.54) is 19.3 Å². The predicted octanol–water partition coefficient (Wildman–Crippen LogP) is 3.42. The highest BCUT2D eigenvalue weighted by atomic mass is 16.3. The van der Waals surface area contributed by atoms with Gasteiger partial charge in [-0.1, -0.05) is 27.2 Å². The Morgan fingerprint density at radius 1 is 1.29 bits per heavy atom. The smallest absolute Gasteiger partial charge is 0.0517 e. The third-order valence-electron chi connectivity index (χ3n) is 3.47. The molecule has 1 rings (SSSR count). The molecular formula is C13H25O. The third kappa shape index (κ3) is 3.27. The molecule has 0 aromatic rings. The van der Waals surface area contributed by atoms with Gasteiger partial charge in [-0.3, -0.25) is 0 Å². The molecule has 1 unspecified atom stereocenters.